The molecule has 0 aromatic heterocycles. The van der Waals surface area contributed by atoms with Gasteiger partial charge in [0, 0.05) is 41.2 Å². The van der Waals surface area contributed by atoms with Gasteiger partial charge in [0.2, 0.25) is 0 Å². The molecular formula is C16H25ClN2S. The summed E-state index contributed by atoms with van der Waals surface area (Å²) in [6.07, 6.45) is 2.23. The number of nitrogens with zero attached hydrogens (tertiary/aromatic N) is 1. The van der Waals surface area contributed by atoms with E-state index in [0.29, 0.717) is 6.04 Å². The minimum atomic E-state index is 0.178. The van der Waals surface area contributed by atoms with Crippen LogP contribution < -0.4 is 5.73 Å². The molecule has 1 aliphatic rings. The Morgan fingerprint density at radius 2 is 2.05 bits per heavy atom. The van der Waals surface area contributed by atoms with Crippen LogP contribution in [-0.4, -0.2) is 35.0 Å². The van der Waals surface area contributed by atoms with Gasteiger partial charge in [-0.15, -0.1) is 0 Å². The molecule has 1 saturated heterocycles. The smallest absolute Gasteiger partial charge is 0.0499 e. The largest absolute Gasteiger partial charge is 0.326 e. The van der Waals surface area contributed by atoms with Crippen LogP contribution in [0.2, 0.25) is 5.02 Å². The summed E-state index contributed by atoms with van der Waals surface area (Å²) in [5.41, 5.74) is 7.72. The summed E-state index contributed by atoms with van der Waals surface area (Å²) in [4.78, 5) is 2.57. The highest BCUT2D eigenvalue weighted by Gasteiger charge is 2.29. The summed E-state index contributed by atoms with van der Waals surface area (Å²) < 4.78 is 0. The Morgan fingerprint density at radius 1 is 1.35 bits per heavy atom. The van der Waals surface area contributed by atoms with Crippen molar-refractivity contribution in [2.45, 2.75) is 44.0 Å². The van der Waals surface area contributed by atoms with Gasteiger partial charge in [-0.25, -0.2) is 0 Å². The third kappa shape index (κ3) is 3.91. The summed E-state index contributed by atoms with van der Waals surface area (Å²) in [5, 5.41) is 1.53. The lowest BCUT2D eigenvalue weighted by atomic mass is 9.96. The van der Waals surface area contributed by atoms with Crippen LogP contribution in [0.3, 0.4) is 0 Å². The lowest BCUT2D eigenvalue weighted by Gasteiger charge is -2.40. The van der Waals surface area contributed by atoms with Gasteiger partial charge >= 0.3 is 0 Å². The molecule has 1 aromatic rings. The SMILES string of the molecule is CCC1CN(C(c2ccc(Cl)cc2)C(N)CC)CCS1. The Kier molecular flexibility index (Phi) is 6.21. The van der Waals surface area contributed by atoms with E-state index in [-0.39, 0.29) is 6.04 Å². The van der Waals surface area contributed by atoms with Gasteiger partial charge in [0.25, 0.3) is 0 Å². The third-order valence-electron chi connectivity index (χ3n) is 4.11. The quantitative estimate of drug-likeness (QED) is 0.892. The summed E-state index contributed by atoms with van der Waals surface area (Å²) in [6.45, 7) is 6.71. The maximum Gasteiger partial charge on any atom is 0.0499 e. The summed E-state index contributed by atoms with van der Waals surface area (Å²) in [6, 6.07) is 8.70. The molecule has 2 nitrogen and oxygen atoms in total. The second kappa shape index (κ2) is 7.69. The highest BCUT2D eigenvalue weighted by atomic mass is 35.5. The second-order valence-electron chi connectivity index (χ2n) is 5.46. The zero-order valence-electron chi connectivity index (χ0n) is 12.4. The average molecular weight is 313 g/mol. The molecule has 2 rings (SSSR count). The fourth-order valence-electron chi connectivity index (χ4n) is 2.85. The molecule has 0 saturated carbocycles. The Morgan fingerprint density at radius 3 is 2.65 bits per heavy atom. The Bertz CT molecular complexity index is 409. The molecule has 0 spiro atoms. The Balaban J connectivity index is 2.20. The molecule has 2 N–H and O–H groups in total. The first-order chi connectivity index (χ1) is 9.65. The summed E-state index contributed by atoms with van der Waals surface area (Å²) in [7, 11) is 0. The van der Waals surface area contributed by atoms with Gasteiger partial charge in [-0.3, -0.25) is 4.90 Å². The number of nitrogens with two attached hydrogens (primary N) is 1. The zero-order chi connectivity index (χ0) is 14.5. The van der Waals surface area contributed by atoms with E-state index in [1.54, 1.807) is 0 Å². The second-order valence-corrected chi connectivity index (χ2v) is 7.31. The van der Waals surface area contributed by atoms with E-state index >= 15 is 0 Å². The van der Waals surface area contributed by atoms with E-state index in [1.807, 2.05) is 12.1 Å². The molecule has 112 valence electrons. The van der Waals surface area contributed by atoms with Crippen molar-refractivity contribution in [1.82, 2.24) is 4.90 Å². The molecule has 1 aliphatic heterocycles. The monoisotopic (exact) mass is 312 g/mol. The zero-order valence-corrected chi connectivity index (χ0v) is 14.0. The van der Waals surface area contributed by atoms with E-state index in [0.717, 1.165) is 29.8 Å². The molecular weight excluding hydrogens is 288 g/mol. The standard InChI is InChI=1S/C16H25ClN2S/c1-3-14-11-19(9-10-20-14)16(15(18)4-2)12-5-7-13(17)8-6-12/h5-8,14-16H,3-4,9-11,18H2,1-2H3. The van der Waals surface area contributed by atoms with E-state index in [1.165, 1.54) is 17.7 Å². The number of hydrogen-bond donors (Lipinski definition) is 1. The van der Waals surface area contributed by atoms with Crippen molar-refractivity contribution in [1.29, 1.82) is 0 Å². The van der Waals surface area contributed by atoms with Crippen molar-refractivity contribution in [2.75, 3.05) is 18.8 Å². The third-order valence-corrected chi connectivity index (χ3v) is 5.73. The summed E-state index contributed by atoms with van der Waals surface area (Å²) in [5.74, 6) is 1.21. The van der Waals surface area contributed by atoms with Gasteiger partial charge in [-0.1, -0.05) is 37.6 Å². The van der Waals surface area contributed by atoms with Crippen LogP contribution in [0.25, 0.3) is 0 Å². The molecule has 1 aromatic carbocycles. The molecule has 3 unspecified atom stereocenters. The first kappa shape index (κ1) is 16.2. The number of rotatable bonds is 5. The predicted molar refractivity (Wildman–Crippen MR) is 90.6 cm³/mol. The predicted octanol–water partition coefficient (Wildman–Crippen LogP) is 3.95. The first-order valence-corrected chi connectivity index (χ1v) is 8.95. The first-order valence-electron chi connectivity index (χ1n) is 7.52. The molecule has 1 fully saturated rings. The van der Waals surface area contributed by atoms with Crippen molar-refractivity contribution in [3.05, 3.63) is 34.9 Å². The molecule has 0 aliphatic carbocycles. The van der Waals surface area contributed by atoms with Crippen molar-refractivity contribution in [2.24, 2.45) is 5.73 Å². The molecule has 4 heteroatoms. The van der Waals surface area contributed by atoms with Crippen LogP contribution in [0, 0.1) is 0 Å². The fourth-order valence-corrected chi connectivity index (χ4v) is 4.19. The van der Waals surface area contributed by atoms with Gasteiger partial charge in [0.05, 0.1) is 0 Å². The van der Waals surface area contributed by atoms with Crippen molar-refractivity contribution >= 4 is 23.4 Å². The van der Waals surface area contributed by atoms with Crippen LogP contribution in [0.15, 0.2) is 24.3 Å². The van der Waals surface area contributed by atoms with Crippen molar-refractivity contribution < 1.29 is 0 Å². The maximum atomic E-state index is 6.42. The van der Waals surface area contributed by atoms with Crippen LogP contribution in [0.5, 0.6) is 0 Å². The minimum absolute atomic E-state index is 0.178. The number of benzene rings is 1. The van der Waals surface area contributed by atoms with Gasteiger partial charge in [-0.05, 0) is 30.5 Å². The Labute approximate surface area is 132 Å². The maximum absolute atomic E-state index is 6.42. The van der Waals surface area contributed by atoms with Crippen LogP contribution in [0.1, 0.15) is 38.3 Å². The molecule has 20 heavy (non-hydrogen) atoms. The highest BCUT2D eigenvalue weighted by molar-refractivity contribution is 8.00. The van der Waals surface area contributed by atoms with E-state index in [4.69, 9.17) is 17.3 Å². The lowest BCUT2D eigenvalue weighted by Crippen LogP contribution is -2.46. The Hall–Kier alpha value is -0.220. The summed E-state index contributed by atoms with van der Waals surface area (Å²) >= 11 is 8.11. The minimum Gasteiger partial charge on any atom is -0.326 e. The number of halogens is 1. The van der Waals surface area contributed by atoms with Crippen LogP contribution in [0.4, 0.5) is 0 Å². The molecule has 0 amide bonds. The van der Waals surface area contributed by atoms with Gasteiger partial charge in [-0.2, -0.15) is 11.8 Å². The highest BCUT2D eigenvalue weighted by Crippen LogP contribution is 2.31. The number of thioether (sulfide) groups is 1. The van der Waals surface area contributed by atoms with Crippen molar-refractivity contribution in [3.8, 4) is 0 Å². The lowest BCUT2D eigenvalue weighted by molar-refractivity contribution is 0.174. The van der Waals surface area contributed by atoms with Crippen LogP contribution >= 0.6 is 23.4 Å². The topological polar surface area (TPSA) is 29.3 Å². The molecule has 0 radical (unpaired) electrons. The van der Waals surface area contributed by atoms with Crippen LogP contribution in [-0.2, 0) is 0 Å². The van der Waals surface area contributed by atoms with E-state index in [9.17, 15) is 0 Å². The molecule has 1 heterocycles. The molecule has 0 bridgehead atoms. The normalized spacial score (nSPS) is 23.5. The van der Waals surface area contributed by atoms with E-state index < -0.39 is 0 Å². The van der Waals surface area contributed by atoms with E-state index in [2.05, 4.69) is 42.6 Å². The van der Waals surface area contributed by atoms with Crippen molar-refractivity contribution in [3.63, 3.8) is 0 Å². The van der Waals surface area contributed by atoms with Gasteiger partial charge in [0.15, 0.2) is 0 Å². The van der Waals surface area contributed by atoms with Gasteiger partial charge in [0.1, 0.15) is 0 Å². The molecule has 3 atom stereocenters. The van der Waals surface area contributed by atoms with Gasteiger partial charge < -0.3 is 5.73 Å². The number of hydrogen-bond acceptors (Lipinski definition) is 3. The average Bonchev–Trinajstić information content (AvgIpc) is 2.49. The fraction of sp³-hybridized carbons (Fsp3) is 0.625.